The molecule has 0 aliphatic rings. The number of hydrogen-bond donors (Lipinski definition) is 1. The van der Waals surface area contributed by atoms with Crippen LogP contribution in [-0.2, 0) is 0 Å². The summed E-state index contributed by atoms with van der Waals surface area (Å²) < 4.78 is 5.83. The summed E-state index contributed by atoms with van der Waals surface area (Å²) in [7, 11) is 0. The highest BCUT2D eigenvalue weighted by Crippen LogP contribution is 2.19. The van der Waals surface area contributed by atoms with Crippen LogP contribution in [0.4, 0.5) is 0 Å². The Balaban J connectivity index is 2.55. The quantitative estimate of drug-likeness (QED) is 0.773. The van der Waals surface area contributed by atoms with Crippen molar-refractivity contribution in [2.45, 2.75) is 52.7 Å². The molecule has 0 fully saturated rings. The highest BCUT2D eigenvalue weighted by molar-refractivity contribution is 5.29. The average molecular weight is 235 g/mol. The van der Waals surface area contributed by atoms with E-state index in [4.69, 9.17) is 4.74 Å². The van der Waals surface area contributed by atoms with Crippen LogP contribution in [0.5, 0.6) is 5.75 Å². The molecule has 0 aliphatic heterocycles. The summed E-state index contributed by atoms with van der Waals surface area (Å²) in [5.41, 5.74) is 1.31. The number of ether oxygens (including phenoxy) is 1. The average Bonchev–Trinajstić information content (AvgIpc) is 2.30. The third kappa shape index (κ3) is 4.78. The van der Waals surface area contributed by atoms with Crippen molar-refractivity contribution in [1.29, 1.82) is 0 Å². The second-order valence-corrected chi connectivity index (χ2v) is 4.57. The molecule has 1 aromatic rings. The van der Waals surface area contributed by atoms with E-state index in [0.717, 1.165) is 25.1 Å². The third-order valence-corrected chi connectivity index (χ3v) is 2.92. The Bertz CT molecular complexity index is 307. The largest absolute Gasteiger partial charge is 0.491 e. The summed E-state index contributed by atoms with van der Waals surface area (Å²) in [6.07, 6.45) is 2.57. The number of rotatable bonds is 7. The first-order valence-electron chi connectivity index (χ1n) is 6.67. The van der Waals surface area contributed by atoms with Crippen LogP contribution in [-0.4, -0.2) is 12.6 Å². The highest BCUT2D eigenvalue weighted by atomic mass is 16.5. The fourth-order valence-electron chi connectivity index (χ4n) is 1.96. The van der Waals surface area contributed by atoms with Crippen molar-refractivity contribution in [3.05, 3.63) is 29.8 Å². The minimum Gasteiger partial charge on any atom is -0.491 e. The molecule has 1 aromatic carbocycles. The van der Waals surface area contributed by atoms with E-state index < -0.39 is 0 Å². The molecule has 17 heavy (non-hydrogen) atoms. The Hall–Kier alpha value is -1.02. The molecule has 96 valence electrons. The van der Waals surface area contributed by atoms with Gasteiger partial charge in [0.05, 0.1) is 6.10 Å². The van der Waals surface area contributed by atoms with Crippen LogP contribution in [0, 0.1) is 0 Å². The van der Waals surface area contributed by atoms with Gasteiger partial charge in [-0.2, -0.15) is 0 Å². The van der Waals surface area contributed by atoms with Gasteiger partial charge >= 0.3 is 0 Å². The van der Waals surface area contributed by atoms with E-state index in [9.17, 15) is 0 Å². The fraction of sp³-hybridized carbons (Fsp3) is 0.600. The van der Waals surface area contributed by atoms with Crippen LogP contribution in [0.1, 0.15) is 52.1 Å². The van der Waals surface area contributed by atoms with E-state index in [1.54, 1.807) is 0 Å². The van der Waals surface area contributed by atoms with Crippen molar-refractivity contribution < 1.29 is 4.74 Å². The first-order chi connectivity index (χ1) is 8.17. The molecule has 0 aromatic heterocycles. The zero-order valence-corrected chi connectivity index (χ0v) is 11.5. The minimum absolute atomic E-state index is 0.303. The first-order valence-corrected chi connectivity index (χ1v) is 6.67. The predicted molar refractivity (Wildman–Crippen MR) is 73.5 cm³/mol. The van der Waals surface area contributed by atoms with Gasteiger partial charge in [-0.05, 0) is 44.5 Å². The second kappa shape index (κ2) is 7.33. The van der Waals surface area contributed by atoms with Crippen LogP contribution in [0.15, 0.2) is 24.3 Å². The van der Waals surface area contributed by atoms with Gasteiger partial charge in [-0.1, -0.05) is 32.4 Å². The number of nitrogens with one attached hydrogen (secondary N) is 1. The molecular formula is C15H25NO. The van der Waals surface area contributed by atoms with Crippen molar-refractivity contribution in [2.24, 2.45) is 0 Å². The van der Waals surface area contributed by atoms with Crippen molar-refractivity contribution >= 4 is 0 Å². The standard InChI is InChI=1S/C15H25NO/c1-5-7-12(3)17-15-10-8-14(9-11-15)13(4)16-6-2/h8-13,16H,5-7H2,1-4H3. The molecular weight excluding hydrogens is 210 g/mol. The first kappa shape index (κ1) is 14.0. The lowest BCUT2D eigenvalue weighted by atomic mass is 10.1. The van der Waals surface area contributed by atoms with E-state index in [-0.39, 0.29) is 0 Å². The maximum Gasteiger partial charge on any atom is 0.119 e. The highest BCUT2D eigenvalue weighted by Gasteiger charge is 2.05. The summed E-state index contributed by atoms with van der Waals surface area (Å²) in [6.45, 7) is 9.60. The van der Waals surface area contributed by atoms with Gasteiger partial charge in [0.1, 0.15) is 5.75 Å². The molecule has 1 N–H and O–H groups in total. The van der Waals surface area contributed by atoms with Crippen molar-refractivity contribution in [2.75, 3.05) is 6.54 Å². The van der Waals surface area contributed by atoms with Gasteiger partial charge in [-0.3, -0.25) is 0 Å². The summed E-state index contributed by atoms with van der Waals surface area (Å²) >= 11 is 0. The number of benzene rings is 1. The zero-order valence-electron chi connectivity index (χ0n) is 11.5. The van der Waals surface area contributed by atoms with E-state index in [0.29, 0.717) is 12.1 Å². The van der Waals surface area contributed by atoms with Crippen LogP contribution >= 0.6 is 0 Å². The normalized spacial score (nSPS) is 14.4. The lowest BCUT2D eigenvalue weighted by Crippen LogP contribution is -2.17. The van der Waals surface area contributed by atoms with Crippen molar-refractivity contribution in [1.82, 2.24) is 5.32 Å². The summed E-state index contributed by atoms with van der Waals surface area (Å²) in [5, 5.41) is 3.40. The smallest absolute Gasteiger partial charge is 0.119 e. The van der Waals surface area contributed by atoms with Gasteiger partial charge in [-0.15, -0.1) is 0 Å². The van der Waals surface area contributed by atoms with Gasteiger partial charge in [0, 0.05) is 6.04 Å². The maximum absolute atomic E-state index is 5.83. The molecule has 2 nitrogen and oxygen atoms in total. The zero-order chi connectivity index (χ0) is 12.7. The molecule has 2 unspecified atom stereocenters. The molecule has 0 heterocycles. The topological polar surface area (TPSA) is 21.3 Å². The van der Waals surface area contributed by atoms with Crippen molar-refractivity contribution in [3.8, 4) is 5.75 Å². The number of hydrogen-bond acceptors (Lipinski definition) is 2. The van der Waals surface area contributed by atoms with Crippen molar-refractivity contribution in [3.63, 3.8) is 0 Å². The molecule has 1 rings (SSSR count). The monoisotopic (exact) mass is 235 g/mol. The van der Waals surface area contributed by atoms with E-state index >= 15 is 0 Å². The third-order valence-electron chi connectivity index (χ3n) is 2.92. The maximum atomic E-state index is 5.83. The lowest BCUT2D eigenvalue weighted by molar-refractivity contribution is 0.210. The van der Waals surface area contributed by atoms with Gasteiger partial charge in [0.25, 0.3) is 0 Å². The van der Waals surface area contributed by atoms with Gasteiger partial charge in [0.2, 0.25) is 0 Å². The lowest BCUT2D eigenvalue weighted by Gasteiger charge is -2.16. The Morgan fingerprint density at radius 1 is 1.12 bits per heavy atom. The van der Waals surface area contributed by atoms with Gasteiger partial charge < -0.3 is 10.1 Å². The molecule has 0 spiro atoms. The van der Waals surface area contributed by atoms with Crippen LogP contribution in [0.3, 0.4) is 0 Å². The summed E-state index contributed by atoms with van der Waals surface area (Å²) in [6, 6.07) is 8.81. The Kier molecular flexibility index (Phi) is 6.06. The van der Waals surface area contributed by atoms with Crippen LogP contribution in [0.25, 0.3) is 0 Å². The fourth-order valence-corrected chi connectivity index (χ4v) is 1.96. The molecule has 0 aliphatic carbocycles. The van der Waals surface area contributed by atoms with E-state index in [1.165, 1.54) is 5.56 Å². The van der Waals surface area contributed by atoms with Crippen LogP contribution in [0.2, 0.25) is 0 Å². The SMILES string of the molecule is CCCC(C)Oc1ccc(C(C)NCC)cc1. The Morgan fingerprint density at radius 3 is 2.29 bits per heavy atom. The predicted octanol–water partition coefficient (Wildman–Crippen LogP) is 3.92. The van der Waals surface area contributed by atoms with E-state index in [1.807, 2.05) is 0 Å². The Morgan fingerprint density at radius 2 is 1.76 bits per heavy atom. The Labute approximate surface area is 105 Å². The summed E-state index contributed by atoms with van der Waals surface area (Å²) in [4.78, 5) is 0. The van der Waals surface area contributed by atoms with Gasteiger partial charge in [-0.25, -0.2) is 0 Å². The molecule has 0 radical (unpaired) electrons. The second-order valence-electron chi connectivity index (χ2n) is 4.57. The molecule has 2 heteroatoms. The molecule has 0 amide bonds. The minimum atomic E-state index is 0.303. The molecule has 0 bridgehead atoms. The summed E-state index contributed by atoms with van der Waals surface area (Å²) in [5.74, 6) is 0.971. The molecule has 2 atom stereocenters. The molecule has 0 saturated heterocycles. The van der Waals surface area contributed by atoms with Gasteiger partial charge in [0.15, 0.2) is 0 Å². The van der Waals surface area contributed by atoms with E-state index in [2.05, 4.69) is 57.3 Å². The molecule has 0 saturated carbocycles. The van der Waals surface area contributed by atoms with Crippen LogP contribution < -0.4 is 10.1 Å².